The third-order valence-electron chi connectivity index (χ3n) is 5.40. The molecule has 2 heterocycles. The molecule has 0 saturated heterocycles. The Labute approximate surface area is 168 Å². The van der Waals surface area contributed by atoms with Crippen molar-refractivity contribution >= 4 is 16.6 Å². The molecule has 0 amide bonds. The molecule has 0 aliphatic rings. The van der Waals surface area contributed by atoms with Crippen LogP contribution in [0, 0.1) is 0 Å². The summed E-state index contributed by atoms with van der Waals surface area (Å²) in [5.41, 5.74) is 6.70. The number of aromatic nitrogens is 2. The van der Waals surface area contributed by atoms with Crippen molar-refractivity contribution in [3.8, 4) is 22.4 Å². The lowest BCUT2D eigenvalue weighted by atomic mass is 9.94. The maximum atomic E-state index is 13.5. The number of nitrogens with zero attached hydrogens (tertiary/aromatic N) is 2. The van der Waals surface area contributed by atoms with Crippen molar-refractivity contribution in [2.75, 3.05) is 0 Å². The number of para-hydroxylation sites is 1. The molecule has 2 aromatic heterocycles. The zero-order chi connectivity index (χ0) is 19.8. The van der Waals surface area contributed by atoms with Crippen LogP contribution in [0.4, 0.5) is 0 Å². The molecule has 140 valence electrons. The second kappa shape index (κ2) is 7.02. The fraction of sp³-hybridized carbons (Fsp3) is 0.0769. The van der Waals surface area contributed by atoms with Gasteiger partial charge in [-0.25, -0.2) is 4.98 Å². The fourth-order valence-electron chi connectivity index (χ4n) is 4.07. The molecule has 0 spiro atoms. The minimum Gasteiger partial charge on any atom is -0.268 e. The van der Waals surface area contributed by atoms with E-state index in [0.717, 1.165) is 39.9 Å². The number of pyridine rings is 1. The van der Waals surface area contributed by atoms with Gasteiger partial charge in [0.1, 0.15) is 5.65 Å². The topological polar surface area (TPSA) is 34.4 Å². The summed E-state index contributed by atoms with van der Waals surface area (Å²) < 4.78 is 1.78. The van der Waals surface area contributed by atoms with Gasteiger partial charge in [0.2, 0.25) is 0 Å². The van der Waals surface area contributed by atoms with Crippen molar-refractivity contribution in [1.29, 1.82) is 0 Å². The molecule has 3 aromatic carbocycles. The molecule has 0 N–H and O–H groups in total. The Balaban J connectivity index is 2.01. The van der Waals surface area contributed by atoms with E-state index in [2.05, 4.69) is 37.3 Å². The van der Waals surface area contributed by atoms with Gasteiger partial charge in [0.05, 0.1) is 16.6 Å². The zero-order valence-electron chi connectivity index (χ0n) is 16.2. The quantitative estimate of drug-likeness (QED) is 0.376. The smallest absolute Gasteiger partial charge is 0.266 e. The van der Waals surface area contributed by atoms with Crippen LogP contribution in [0.1, 0.15) is 12.5 Å². The van der Waals surface area contributed by atoms with E-state index in [-0.39, 0.29) is 5.56 Å². The Morgan fingerprint density at radius 2 is 1.41 bits per heavy atom. The van der Waals surface area contributed by atoms with Gasteiger partial charge in [-0.3, -0.25) is 9.20 Å². The van der Waals surface area contributed by atoms with Crippen LogP contribution in [0.3, 0.4) is 0 Å². The molecule has 3 heteroatoms. The van der Waals surface area contributed by atoms with Gasteiger partial charge in [-0.2, -0.15) is 0 Å². The largest absolute Gasteiger partial charge is 0.268 e. The highest BCUT2D eigenvalue weighted by atomic mass is 16.1. The van der Waals surface area contributed by atoms with E-state index < -0.39 is 0 Å². The summed E-state index contributed by atoms with van der Waals surface area (Å²) in [4.78, 5) is 18.4. The van der Waals surface area contributed by atoms with Crippen LogP contribution in [0.25, 0.3) is 38.9 Å². The molecular weight excluding hydrogens is 356 g/mol. The van der Waals surface area contributed by atoms with Gasteiger partial charge in [0.15, 0.2) is 0 Å². The summed E-state index contributed by atoms with van der Waals surface area (Å²) in [6.45, 7) is 2.14. The Hall–Kier alpha value is -3.72. The van der Waals surface area contributed by atoms with E-state index in [1.807, 2.05) is 60.7 Å². The number of rotatable bonds is 3. The normalized spacial score (nSPS) is 11.2. The molecule has 0 aliphatic carbocycles. The van der Waals surface area contributed by atoms with Crippen molar-refractivity contribution in [2.45, 2.75) is 13.3 Å². The molecular formula is C26H20N2O. The predicted molar refractivity (Wildman–Crippen MR) is 119 cm³/mol. The first-order valence-corrected chi connectivity index (χ1v) is 9.86. The van der Waals surface area contributed by atoms with Gasteiger partial charge < -0.3 is 0 Å². The Kier molecular flexibility index (Phi) is 4.21. The molecule has 0 atom stereocenters. The highest BCUT2D eigenvalue weighted by Gasteiger charge is 2.18. The molecule has 5 aromatic rings. The summed E-state index contributed by atoms with van der Waals surface area (Å²) >= 11 is 0. The maximum Gasteiger partial charge on any atom is 0.266 e. The van der Waals surface area contributed by atoms with Crippen LogP contribution >= 0.6 is 0 Å². The number of benzene rings is 3. The van der Waals surface area contributed by atoms with Crippen molar-refractivity contribution in [3.05, 3.63) is 107 Å². The molecule has 5 rings (SSSR count). The first kappa shape index (κ1) is 17.4. The monoisotopic (exact) mass is 376 g/mol. The maximum absolute atomic E-state index is 13.5. The van der Waals surface area contributed by atoms with E-state index in [0.29, 0.717) is 11.0 Å². The summed E-state index contributed by atoms with van der Waals surface area (Å²) in [6.07, 6.45) is 0.809. The van der Waals surface area contributed by atoms with E-state index in [4.69, 9.17) is 4.98 Å². The lowest BCUT2D eigenvalue weighted by Crippen LogP contribution is -2.19. The van der Waals surface area contributed by atoms with E-state index >= 15 is 0 Å². The van der Waals surface area contributed by atoms with Crippen LogP contribution in [-0.4, -0.2) is 9.38 Å². The highest BCUT2D eigenvalue weighted by Crippen LogP contribution is 2.34. The van der Waals surface area contributed by atoms with Crippen molar-refractivity contribution < 1.29 is 0 Å². The molecule has 3 nitrogen and oxygen atoms in total. The van der Waals surface area contributed by atoms with Crippen molar-refractivity contribution in [1.82, 2.24) is 9.38 Å². The third kappa shape index (κ3) is 2.83. The second-order valence-corrected chi connectivity index (χ2v) is 7.10. The number of hydrogen-bond donors (Lipinski definition) is 0. The van der Waals surface area contributed by atoms with Gasteiger partial charge >= 0.3 is 0 Å². The van der Waals surface area contributed by atoms with Gasteiger partial charge in [0.25, 0.3) is 5.56 Å². The van der Waals surface area contributed by atoms with E-state index in [9.17, 15) is 4.79 Å². The van der Waals surface area contributed by atoms with Crippen molar-refractivity contribution in [2.24, 2.45) is 0 Å². The van der Waals surface area contributed by atoms with Gasteiger partial charge in [-0.1, -0.05) is 79.7 Å². The number of hydrogen-bond acceptors (Lipinski definition) is 2. The van der Waals surface area contributed by atoms with Gasteiger partial charge in [-0.15, -0.1) is 0 Å². The first-order valence-electron chi connectivity index (χ1n) is 9.86. The molecule has 0 bridgehead atoms. The van der Waals surface area contributed by atoms with Gasteiger partial charge in [0, 0.05) is 0 Å². The fourth-order valence-corrected chi connectivity index (χ4v) is 4.07. The second-order valence-electron chi connectivity index (χ2n) is 7.10. The lowest BCUT2D eigenvalue weighted by molar-refractivity contribution is 1.03. The standard InChI is InChI=1S/C26H20N2O/c1-2-20-22(18-11-5-3-6-12-18)17-24-27-23-16-10-9-15-21(23)26(29)28(24)25(20)19-13-7-4-8-14-19/h3-17H,2H2,1H3. The summed E-state index contributed by atoms with van der Waals surface area (Å²) in [6, 6.07) is 30.1. The van der Waals surface area contributed by atoms with Crippen LogP contribution < -0.4 is 5.56 Å². The van der Waals surface area contributed by atoms with E-state index in [1.54, 1.807) is 4.40 Å². The minimum absolute atomic E-state index is 0.0289. The average molecular weight is 376 g/mol. The van der Waals surface area contributed by atoms with Crippen LogP contribution in [0.2, 0.25) is 0 Å². The lowest BCUT2D eigenvalue weighted by Gasteiger charge is -2.18. The molecule has 0 fully saturated rings. The average Bonchev–Trinajstić information content (AvgIpc) is 2.79. The minimum atomic E-state index is -0.0289. The van der Waals surface area contributed by atoms with Crippen LogP contribution in [0.15, 0.2) is 95.8 Å². The molecule has 0 unspecified atom stereocenters. The third-order valence-corrected chi connectivity index (χ3v) is 5.40. The van der Waals surface area contributed by atoms with Crippen LogP contribution in [-0.2, 0) is 6.42 Å². The Bertz CT molecular complexity index is 1390. The van der Waals surface area contributed by atoms with Gasteiger partial charge in [-0.05, 0) is 46.9 Å². The van der Waals surface area contributed by atoms with Crippen LogP contribution in [0.5, 0.6) is 0 Å². The summed E-state index contributed by atoms with van der Waals surface area (Å²) in [7, 11) is 0. The zero-order valence-corrected chi connectivity index (χ0v) is 16.2. The van der Waals surface area contributed by atoms with Crippen molar-refractivity contribution in [3.63, 3.8) is 0 Å². The first-order chi connectivity index (χ1) is 14.3. The summed E-state index contributed by atoms with van der Waals surface area (Å²) in [5, 5.41) is 0.636. The van der Waals surface area contributed by atoms with E-state index in [1.165, 1.54) is 0 Å². The molecule has 0 saturated carbocycles. The Morgan fingerprint density at radius 3 is 2.10 bits per heavy atom. The predicted octanol–water partition coefficient (Wildman–Crippen LogP) is 5.74. The molecule has 0 radical (unpaired) electrons. The SMILES string of the molecule is CCc1c(-c2ccccc2)cc2nc3ccccc3c(=O)n2c1-c1ccccc1. The summed E-state index contributed by atoms with van der Waals surface area (Å²) in [5.74, 6) is 0. The Morgan fingerprint density at radius 1 is 0.793 bits per heavy atom. The molecule has 0 aliphatic heterocycles. The highest BCUT2D eigenvalue weighted by molar-refractivity contribution is 5.85. The molecule has 29 heavy (non-hydrogen) atoms. The number of fused-ring (bicyclic) bond motifs is 2.